The first-order valence-electron chi connectivity index (χ1n) is 10.5. The first-order valence-corrected chi connectivity index (χ1v) is 10.5. The molecule has 0 aromatic heterocycles. The average Bonchev–Trinajstić information content (AvgIpc) is 2.79. The number of halogens is 3. The molecule has 0 radical (unpaired) electrons. The summed E-state index contributed by atoms with van der Waals surface area (Å²) in [4.78, 5) is 28.6. The molecule has 5 nitrogen and oxygen atoms in total. The summed E-state index contributed by atoms with van der Waals surface area (Å²) in [5.74, 6) is 0.476. The topological polar surface area (TPSA) is 49.9 Å². The number of rotatable bonds is 4. The number of amides is 2. The van der Waals surface area contributed by atoms with Crippen LogP contribution in [-0.4, -0.2) is 47.3 Å². The van der Waals surface area contributed by atoms with Gasteiger partial charge in [-0.2, -0.15) is 13.2 Å². The van der Waals surface area contributed by atoms with Crippen LogP contribution in [0.3, 0.4) is 0 Å². The summed E-state index contributed by atoms with van der Waals surface area (Å²) in [6, 6.07) is 9.70. The minimum Gasteiger partial charge on any atom is -0.457 e. The van der Waals surface area contributed by atoms with Gasteiger partial charge in [0.2, 0.25) is 5.91 Å². The van der Waals surface area contributed by atoms with E-state index in [1.54, 1.807) is 17.0 Å². The van der Waals surface area contributed by atoms with Gasteiger partial charge < -0.3 is 14.5 Å². The number of hydrogen-bond acceptors (Lipinski definition) is 3. The molecule has 8 heteroatoms. The van der Waals surface area contributed by atoms with E-state index in [4.69, 9.17) is 4.74 Å². The van der Waals surface area contributed by atoms with Crippen LogP contribution in [0.15, 0.2) is 55.1 Å². The third kappa shape index (κ3) is 4.49. The standard InChI is InChI=1S/C24H23F3N2O3/c1-2-22(30)28-12-10-18(11-13-28)29-14-9-16-3-6-20(15-21(16)23(29)31)32-19-7-4-17(5-8-19)24(25,26)27/h2-8,15,18H,1,9-14H2. The van der Waals surface area contributed by atoms with Gasteiger partial charge >= 0.3 is 6.18 Å². The quantitative estimate of drug-likeness (QED) is 0.644. The van der Waals surface area contributed by atoms with Gasteiger partial charge in [0.15, 0.2) is 0 Å². The molecule has 1 fully saturated rings. The summed E-state index contributed by atoms with van der Waals surface area (Å²) in [7, 11) is 0. The maximum Gasteiger partial charge on any atom is 0.416 e. The monoisotopic (exact) mass is 444 g/mol. The van der Waals surface area contributed by atoms with E-state index in [0.717, 1.165) is 17.7 Å². The van der Waals surface area contributed by atoms with Crippen molar-refractivity contribution in [3.63, 3.8) is 0 Å². The number of benzene rings is 2. The van der Waals surface area contributed by atoms with Crippen LogP contribution in [0.2, 0.25) is 0 Å². The minimum atomic E-state index is -4.41. The Hall–Kier alpha value is -3.29. The zero-order chi connectivity index (χ0) is 22.9. The van der Waals surface area contributed by atoms with Crippen LogP contribution in [0.25, 0.3) is 0 Å². The average molecular weight is 444 g/mol. The van der Waals surface area contributed by atoms with Crippen molar-refractivity contribution >= 4 is 11.8 Å². The van der Waals surface area contributed by atoms with Crippen molar-refractivity contribution in [1.29, 1.82) is 0 Å². The van der Waals surface area contributed by atoms with Gasteiger partial charge in [-0.25, -0.2) is 0 Å². The molecule has 2 aromatic carbocycles. The van der Waals surface area contributed by atoms with Crippen LogP contribution >= 0.6 is 0 Å². The van der Waals surface area contributed by atoms with E-state index < -0.39 is 11.7 Å². The maximum atomic E-state index is 13.2. The molecule has 0 unspecified atom stereocenters. The molecule has 0 bridgehead atoms. The molecule has 0 spiro atoms. The highest BCUT2D eigenvalue weighted by molar-refractivity contribution is 5.97. The fourth-order valence-electron chi connectivity index (χ4n) is 4.26. The lowest BCUT2D eigenvalue weighted by atomic mass is 9.94. The Labute approximate surface area is 184 Å². The lowest BCUT2D eigenvalue weighted by Gasteiger charge is -2.40. The number of ether oxygens (including phenoxy) is 1. The number of alkyl halides is 3. The summed E-state index contributed by atoms with van der Waals surface area (Å²) < 4.78 is 43.9. The van der Waals surface area contributed by atoms with Gasteiger partial charge in [-0.3, -0.25) is 9.59 Å². The molecule has 0 N–H and O–H groups in total. The number of carbonyl (C=O) groups excluding carboxylic acids is 2. The molecule has 168 valence electrons. The molecule has 2 heterocycles. The second kappa shape index (κ2) is 8.68. The predicted molar refractivity (Wildman–Crippen MR) is 112 cm³/mol. The normalized spacial score (nSPS) is 17.2. The SMILES string of the molecule is C=CC(=O)N1CCC(N2CCc3ccc(Oc4ccc(C(F)(F)F)cc4)cc3C2=O)CC1. The molecule has 32 heavy (non-hydrogen) atoms. The summed E-state index contributed by atoms with van der Waals surface area (Å²) in [5.41, 5.74) is 0.720. The third-order valence-corrected chi connectivity index (χ3v) is 6.00. The highest BCUT2D eigenvalue weighted by atomic mass is 19.4. The Morgan fingerprint density at radius 2 is 1.69 bits per heavy atom. The van der Waals surface area contributed by atoms with E-state index in [1.807, 2.05) is 11.0 Å². The van der Waals surface area contributed by atoms with Crippen molar-refractivity contribution in [2.75, 3.05) is 19.6 Å². The van der Waals surface area contributed by atoms with Gasteiger partial charge in [-0.1, -0.05) is 12.6 Å². The lowest BCUT2D eigenvalue weighted by Crippen LogP contribution is -2.50. The highest BCUT2D eigenvalue weighted by Gasteiger charge is 2.33. The molecule has 2 aliphatic heterocycles. The summed E-state index contributed by atoms with van der Waals surface area (Å²) in [6.07, 6.45) is -0.964. The van der Waals surface area contributed by atoms with Crippen molar-refractivity contribution in [3.8, 4) is 11.5 Å². The Bertz CT molecular complexity index is 1030. The highest BCUT2D eigenvalue weighted by Crippen LogP contribution is 2.33. The first kappa shape index (κ1) is 21.9. The van der Waals surface area contributed by atoms with Gasteiger partial charge in [0.05, 0.1) is 5.56 Å². The van der Waals surface area contributed by atoms with E-state index in [-0.39, 0.29) is 23.6 Å². The number of likely N-dealkylation sites (tertiary alicyclic amines) is 1. The molecule has 0 saturated carbocycles. The van der Waals surface area contributed by atoms with Gasteiger partial charge in [0.25, 0.3) is 5.91 Å². The van der Waals surface area contributed by atoms with Crippen LogP contribution in [0.5, 0.6) is 11.5 Å². The molecule has 1 saturated heterocycles. The Kier molecular flexibility index (Phi) is 5.95. The van der Waals surface area contributed by atoms with E-state index in [9.17, 15) is 22.8 Å². The van der Waals surface area contributed by atoms with Crippen LogP contribution in [0, 0.1) is 0 Å². The van der Waals surface area contributed by atoms with Crippen molar-refractivity contribution in [1.82, 2.24) is 9.80 Å². The summed E-state index contributed by atoms with van der Waals surface area (Å²) in [5, 5.41) is 0. The second-order valence-corrected chi connectivity index (χ2v) is 7.95. The molecule has 0 atom stereocenters. The van der Waals surface area contributed by atoms with Crippen LogP contribution in [0.4, 0.5) is 13.2 Å². The first-order chi connectivity index (χ1) is 15.3. The van der Waals surface area contributed by atoms with Gasteiger partial charge in [0.1, 0.15) is 11.5 Å². The molecule has 0 aliphatic carbocycles. The molecular formula is C24H23F3N2O3. The molecule has 4 rings (SSSR count). The Morgan fingerprint density at radius 1 is 1.03 bits per heavy atom. The number of hydrogen-bond donors (Lipinski definition) is 0. The van der Waals surface area contributed by atoms with Gasteiger partial charge in [-0.15, -0.1) is 0 Å². The van der Waals surface area contributed by atoms with Crippen molar-refractivity contribution in [2.45, 2.75) is 31.5 Å². The fraction of sp³-hybridized carbons (Fsp3) is 0.333. The largest absolute Gasteiger partial charge is 0.457 e. The van der Waals surface area contributed by atoms with Crippen LogP contribution in [-0.2, 0) is 17.4 Å². The van der Waals surface area contributed by atoms with E-state index in [2.05, 4.69) is 6.58 Å². The van der Waals surface area contributed by atoms with Gasteiger partial charge in [-0.05, 0) is 67.3 Å². The van der Waals surface area contributed by atoms with E-state index in [1.165, 1.54) is 18.2 Å². The zero-order valence-corrected chi connectivity index (χ0v) is 17.4. The van der Waals surface area contributed by atoms with Crippen LogP contribution < -0.4 is 4.74 Å². The summed E-state index contributed by atoms with van der Waals surface area (Å²) >= 11 is 0. The van der Waals surface area contributed by atoms with Crippen molar-refractivity contribution < 1.29 is 27.5 Å². The minimum absolute atomic E-state index is 0.0593. The summed E-state index contributed by atoms with van der Waals surface area (Å²) in [6.45, 7) is 5.31. The van der Waals surface area contributed by atoms with Gasteiger partial charge in [0, 0.05) is 31.2 Å². The Balaban J connectivity index is 1.46. The van der Waals surface area contributed by atoms with Crippen LogP contribution in [0.1, 0.15) is 34.3 Å². The molecular weight excluding hydrogens is 421 g/mol. The fourth-order valence-corrected chi connectivity index (χ4v) is 4.26. The smallest absolute Gasteiger partial charge is 0.416 e. The molecule has 2 aliphatic rings. The zero-order valence-electron chi connectivity index (χ0n) is 17.4. The number of fused-ring (bicyclic) bond motifs is 1. The van der Waals surface area contributed by atoms with Crippen molar-refractivity contribution in [3.05, 3.63) is 71.8 Å². The second-order valence-electron chi connectivity index (χ2n) is 7.95. The van der Waals surface area contributed by atoms with Crippen molar-refractivity contribution in [2.24, 2.45) is 0 Å². The molecule has 2 amide bonds. The van der Waals surface area contributed by atoms with E-state index in [0.29, 0.717) is 50.2 Å². The van der Waals surface area contributed by atoms with E-state index >= 15 is 0 Å². The lowest BCUT2D eigenvalue weighted by molar-refractivity contribution is -0.137. The third-order valence-electron chi connectivity index (χ3n) is 6.00. The molecule has 2 aromatic rings. The Morgan fingerprint density at radius 3 is 2.31 bits per heavy atom. The predicted octanol–water partition coefficient (Wildman–Crippen LogP) is 4.67. The number of nitrogens with zero attached hydrogens (tertiary/aromatic N) is 2. The number of carbonyl (C=O) groups is 2. The number of piperidine rings is 1. The maximum absolute atomic E-state index is 13.2.